The topological polar surface area (TPSA) is 237 Å². The maximum atomic E-state index is 13.1. The third-order valence-corrected chi connectivity index (χ3v) is 18.9. The van der Waals surface area contributed by atoms with Gasteiger partial charge in [0, 0.05) is 25.7 Å². The molecule has 17 nitrogen and oxygen atoms in total. The number of aliphatic hydroxyl groups excluding tert-OH is 1. The zero-order chi connectivity index (χ0) is 67.9. The molecule has 0 radical (unpaired) electrons. The zero-order valence-corrected chi connectivity index (χ0v) is 61.6. The molecule has 0 amide bonds. The lowest BCUT2D eigenvalue weighted by atomic mass is 10.0. The van der Waals surface area contributed by atoms with Crippen LogP contribution < -0.4 is 0 Å². The van der Waals surface area contributed by atoms with Gasteiger partial charge in [-0.3, -0.25) is 37.3 Å². The Morgan fingerprint density at radius 3 is 0.739 bits per heavy atom. The molecule has 0 spiro atoms. The largest absolute Gasteiger partial charge is 0.472 e. The number of unbranched alkanes of at least 4 members (excludes halogenated alkanes) is 42. The van der Waals surface area contributed by atoms with E-state index in [1.807, 2.05) is 0 Å². The first-order valence-corrected chi connectivity index (χ1v) is 41.0. The Kier molecular flexibility index (Phi) is 63.7. The molecular formula is C73H142O17P2. The van der Waals surface area contributed by atoms with Crippen LogP contribution in [0.5, 0.6) is 0 Å². The molecule has 2 unspecified atom stereocenters. The standard InChI is InChI=1S/C73H142O17P2/c1-7-9-11-13-15-17-18-19-20-21-22-23-24-25-26-29-34-38-45-51-57-72(77)89-68(61-84-71(76)56-50-44-37-33-30-27-28-32-35-41-47-53-65(3)4)63-87-91(79,80)85-59-67(74)60-86-92(81,82)88-64-69(90-73(78)58-52-46-40-39-42-48-54-66(5)6)62-83-70(75)55-49-43-36-31-16-14-12-10-8-2/h65-69,74H,7-64H2,1-6H3,(H,79,80)(H,81,82)/t67-,68-,69-/m1/s1. The smallest absolute Gasteiger partial charge is 0.462 e. The molecular weight excluding hydrogens is 1210 g/mol. The van der Waals surface area contributed by atoms with Gasteiger partial charge in [0.05, 0.1) is 26.4 Å². The first-order chi connectivity index (χ1) is 44.4. The van der Waals surface area contributed by atoms with E-state index in [1.165, 1.54) is 193 Å². The molecule has 92 heavy (non-hydrogen) atoms. The minimum absolute atomic E-state index is 0.102. The number of hydrogen-bond donors (Lipinski definition) is 3. The van der Waals surface area contributed by atoms with Gasteiger partial charge in [-0.1, -0.05) is 324 Å². The van der Waals surface area contributed by atoms with Gasteiger partial charge in [0.25, 0.3) is 0 Å². The van der Waals surface area contributed by atoms with E-state index < -0.39 is 97.5 Å². The zero-order valence-electron chi connectivity index (χ0n) is 59.9. The van der Waals surface area contributed by atoms with Crippen LogP contribution in [0.2, 0.25) is 0 Å². The monoisotopic (exact) mass is 1350 g/mol. The maximum absolute atomic E-state index is 13.1. The molecule has 0 aromatic carbocycles. The summed E-state index contributed by atoms with van der Waals surface area (Å²) in [6, 6.07) is 0. The van der Waals surface area contributed by atoms with Crippen LogP contribution in [0.4, 0.5) is 0 Å². The fraction of sp³-hybridized carbons (Fsp3) is 0.945. The van der Waals surface area contributed by atoms with Crippen molar-refractivity contribution in [1.82, 2.24) is 0 Å². The first-order valence-electron chi connectivity index (χ1n) is 38.0. The Morgan fingerprint density at radius 1 is 0.293 bits per heavy atom. The molecule has 0 aliphatic rings. The molecule has 0 aliphatic carbocycles. The lowest BCUT2D eigenvalue weighted by molar-refractivity contribution is -0.161. The second-order valence-corrected chi connectivity index (χ2v) is 30.2. The summed E-state index contributed by atoms with van der Waals surface area (Å²) in [6.45, 7) is 9.46. The first kappa shape index (κ1) is 90.1. The lowest BCUT2D eigenvalue weighted by Crippen LogP contribution is -2.30. The van der Waals surface area contributed by atoms with Crippen molar-refractivity contribution in [3.63, 3.8) is 0 Å². The van der Waals surface area contributed by atoms with Crippen molar-refractivity contribution in [2.45, 2.75) is 394 Å². The van der Waals surface area contributed by atoms with Gasteiger partial charge in [-0.25, -0.2) is 9.13 Å². The maximum Gasteiger partial charge on any atom is 0.472 e. The van der Waals surface area contributed by atoms with E-state index in [2.05, 4.69) is 41.5 Å². The minimum atomic E-state index is -4.95. The Morgan fingerprint density at radius 2 is 0.500 bits per heavy atom. The van der Waals surface area contributed by atoms with Crippen molar-refractivity contribution in [2.24, 2.45) is 11.8 Å². The number of phosphoric acid groups is 2. The molecule has 546 valence electrons. The highest BCUT2D eigenvalue weighted by Crippen LogP contribution is 2.45. The van der Waals surface area contributed by atoms with E-state index in [1.54, 1.807) is 0 Å². The fourth-order valence-corrected chi connectivity index (χ4v) is 12.7. The molecule has 0 bridgehead atoms. The molecule has 19 heteroatoms. The van der Waals surface area contributed by atoms with Crippen molar-refractivity contribution >= 4 is 39.5 Å². The highest BCUT2D eigenvalue weighted by Gasteiger charge is 2.30. The van der Waals surface area contributed by atoms with E-state index in [0.29, 0.717) is 31.6 Å². The molecule has 0 aromatic heterocycles. The number of esters is 4. The van der Waals surface area contributed by atoms with E-state index in [-0.39, 0.29) is 25.7 Å². The highest BCUT2D eigenvalue weighted by atomic mass is 31.2. The summed E-state index contributed by atoms with van der Waals surface area (Å²) in [4.78, 5) is 72.5. The van der Waals surface area contributed by atoms with Gasteiger partial charge in [-0.05, 0) is 37.5 Å². The van der Waals surface area contributed by atoms with Crippen LogP contribution in [0.25, 0.3) is 0 Å². The Bertz CT molecular complexity index is 1790. The van der Waals surface area contributed by atoms with Gasteiger partial charge >= 0.3 is 39.5 Å². The summed E-state index contributed by atoms with van der Waals surface area (Å²) in [6.07, 6.45) is 51.7. The molecule has 0 aromatic rings. The number of phosphoric ester groups is 2. The third kappa shape index (κ3) is 66.7. The van der Waals surface area contributed by atoms with E-state index in [9.17, 15) is 43.2 Å². The Balaban J connectivity index is 5.18. The summed E-state index contributed by atoms with van der Waals surface area (Å²) in [7, 11) is -9.90. The van der Waals surface area contributed by atoms with Gasteiger partial charge in [0.15, 0.2) is 12.2 Å². The molecule has 5 atom stereocenters. The van der Waals surface area contributed by atoms with Crippen LogP contribution >= 0.6 is 15.6 Å². The van der Waals surface area contributed by atoms with Crippen LogP contribution in [0.1, 0.15) is 375 Å². The molecule has 0 heterocycles. The highest BCUT2D eigenvalue weighted by molar-refractivity contribution is 7.47. The molecule has 0 aliphatic heterocycles. The summed E-state index contributed by atoms with van der Waals surface area (Å²) >= 11 is 0. The van der Waals surface area contributed by atoms with Gasteiger partial charge in [0.1, 0.15) is 19.3 Å². The van der Waals surface area contributed by atoms with Crippen molar-refractivity contribution in [2.75, 3.05) is 39.6 Å². The summed E-state index contributed by atoms with van der Waals surface area (Å²) in [5, 5.41) is 10.6. The van der Waals surface area contributed by atoms with E-state index >= 15 is 0 Å². The van der Waals surface area contributed by atoms with Gasteiger partial charge in [-0.15, -0.1) is 0 Å². The van der Waals surface area contributed by atoms with Crippen LogP contribution in [-0.4, -0.2) is 96.7 Å². The number of carbonyl (C=O) groups excluding carboxylic acids is 4. The fourth-order valence-electron chi connectivity index (χ4n) is 11.1. The number of carbonyl (C=O) groups is 4. The van der Waals surface area contributed by atoms with Crippen molar-refractivity contribution in [1.29, 1.82) is 0 Å². The third-order valence-electron chi connectivity index (χ3n) is 17.0. The molecule has 0 fully saturated rings. The van der Waals surface area contributed by atoms with Crippen LogP contribution in [0, 0.1) is 11.8 Å². The normalized spacial score (nSPS) is 14.1. The van der Waals surface area contributed by atoms with Gasteiger partial charge < -0.3 is 33.8 Å². The Labute approximate surface area is 562 Å². The molecule has 0 saturated carbocycles. The van der Waals surface area contributed by atoms with Crippen LogP contribution in [0.3, 0.4) is 0 Å². The number of rotatable bonds is 72. The molecule has 0 rings (SSSR count). The summed E-state index contributed by atoms with van der Waals surface area (Å²) < 4.78 is 68.3. The predicted octanol–water partition coefficient (Wildman–Crippen LogP) is 21.2. The number of aliphatic hydroxyl groups is 1. The van der Waals surface area contributed by atoms with Crippen LogP contribution in [0.15, 0.2) is 0 Å². The number of ether oxygens (including phenoxy) is 4. The van der Waals surface area contributed by atoms with Crippen molar-refractivity contribution < 1.29 is 80.2 Å². The van der Waals surface area contributed by atoms with E-state index in [4.69, 9.17) is 37.0 Å². The molecule has 3 N–H and O–H groups in total. The van der Waals surface area contributed by atoms with E-state index in [0.717, 1.165) is 95.8 Å². The average molecular weight is 1350 g/mol. The van der Waals surface area contributed by atoms with Crippen LogP contribution in [-0.2, 0) is 65.4 Å². The number of hydrogen-bond acceptors (Lipinski definition) is 15. The average Bonchev–Trinajstić information content (AvgIpc) is 3.56. The van der Waals surface area contributed by atoms with Gasteiger partial charge in [-0.2, -0.15) is 0 Å². The summed E-state index contributed by atoms with van der Waals surface area (Å²) in [5.41, 5.74) is 0. The second-order valence-electron chi connectivity index (χ2n) is 27.3. The minimum Gasteiger partial charge on any atom is -0.462 e. The Hall–Kier alpha value is -1.94. The van der Waals surface area contributed by atoms with Gasteiger partial charge in [0.2, 0.25) is 0 Å². The lowest BCUT2D eigenvalue weighted by Gasteiger charge is -2.21. The predicted molar refractivity (Wildman–Crippen MR) is 372 cm³/mol. The SMILES string of the molecule is CCCCCCCCCCCCCCCCCCCCCCC(=O)O[C@H](COC(=O)CCCCCCCCCCCCCC(C)C)COP(=O)(O)OC[C@@H](O)COP(=O)(O)OC[C@@H](COC(=O)CCCCCCCCCCC)OC(=O)CCCCCCCCC(C)C. The van der Waals surface area contributed by atoms with Crippen molar-refractivity contribution in [3.8, 4) is 0 Å². The molecule has 0 saturated heterocycles. The van der Waals surface area contributed by atoms with Crippen molar-refractivity contribution in [3.05, 3.63) is 0 Å². The second kappa shape index (κ2) is 65.0. The quantitative estimate of drug-likeness (QED) is 0.0222. The summed E-state index contributed by atoms with van der Waals surface area (Å²) in [5.74, 6) is -0.686.